The van der Waals surface area contributed by atoms with Gasteiger partial charge in [-0.05, 0) is 40.0 Å². The number of ether oxygens (including phenoxy) is 1. The summed E-state index contributed by atoms with van der Waals surface area (Å²) < 4.78 is 5.26. The summed E-state index contributed by atoms with van der Waals surface area (Å²) in [6, 6.07) is 0.215. The summed E-state index contributed by atoms with van der Waals surface area (Å²) in [4.78, 5) is 11.5. The van der Waals surface area contributed by atoms with Crippen LogP contribution in [0, 0.1) is 0 Å². The highest BCUT2D eigenvalue weighted by atomic mass is 16.6. The van der Waals surface area contributed by atoms with E-state index in [9.17, 15) is 4.79 Å². The lowest BCUT2D eigenvalue weighted by molar-refractivity contribution is -0.153. The summed E-state index contributed by atoms with van der Waals surface area (Å²) in [5.74, 6) is -0.150. The van der Waals surface area contributed by atoms with Crippen molar-refractivity contribution in [2.24, 2.45) is 5.73 Å². The molecule has 3 nitrogen and oxygen atoms in total. The molecule has 0 saturated carbocycles. The molecule has 0 bridgehead atoms. The fraction of sp³-hybridized carbons (Fsp3) is 0.750. The second-order valence-electron chi connectivity index (χ2n) is 5.17. The van der Waals surface area contributed by atoms with Crippen molar-refractivity contribution in [2.45, 2.75) is 58.1 Å². The molecule has 0 fully saturated rings. The molecule has 1 atom stereocenters. The summed E-state index contributed by atoms with van der Waals surface area (Å²) in [7, 11) is 0. The largest absolute Gasteiger partial charge is 0.460 e. The molecule has 0 aliphatic heterocycles. The van der Waals surface area contributed by atoms with Crippen LogP contribution in [0.15, 0.2) is 11.6 Å². The number of esters is 1. The summed E-state index contributed by atoms with van der Waals surface area (Å²) in [5.41, 5.74) is 6.57. The van der Waals surface area contributed by atoms with Gasteiger partial charge in [0.15, 0.2) is 0 Å². The van der Waals surface area contributed by atoms with Gasteiger partial charge < -0.3 is 10.5 Å². The Morgan fingerprint density at radius 2 is 2.27 bits per heavy atom. The molecule has 1 rings (SSSR count). The number of carbonyl (C=O) groups excluding carboxylic acids is 1. The minimum atomic E-state index is -0.394. The molecule has 0 radical (unpaired) electrons. The van der Waals surface area contributed by atoms with Crippen LogP contribution in [-0.4, -0.2) is 17.6 Å². The second kappa shape index (κ2) is 4.79. The average Bonchev–Trinajstić information content (AvgIpc) is 1.99. The molecule has 15 heavy (non-hydrogen) atoms. The van der Waals surface area contributed by atoms with Gasteiger partial charge in [0, 0.05) is 6.04 Å². The lowest BCUT2D eigenvalue weighted by atomic mass is 9.93. The third-order valence-corrected chi connectivity index (χ3v) is 2.29. The Bertz CT molecular complexity index is 263. The van der Waals surface area contributed by atoms with Gasteiger partial charge in [-0.15, -0.1) is 0 Å². The maximum Gasteiger partial charge on any atom is 0.310 e. The van der Waals surface area contributed by atoms with E-state index in [-0.39, 0.29) is 12.0 Å². The van der Waals surface area contributed by atoms with E-state index >= 15 is 0 Å². The third kappa shape index (κ3) is 4.98. The standard InChI is InChI=1S/C12H21NO2/c1-12(2,3)15-11(14)8-9-5-4-6-10(13)7-9/h5,10H,4,6-8,13H2,1-3H3. The van der Waals surface area contributed by atoms with Crippen molar-refractivity contribution < 1.29 is 9.53 Å². The molecule has 0 saturated heterocycles. The van der Waals surface area contributed by atoms with Crippen LogP contribution < -0.4 is 5.73 Å². The molecular formula is C12H21NO2. The van der Waals surface area contributed by atoms with Crippen molar-refractivity contribution in [3.63, 3.8) is 0 Å². The normalized spacial score (nSPS) is 22.1. The summed E-state index contributed by atoms with van der Waals surface area (Å²) in [6.45, 7) is 5.64. The number of allylic oxidation sites excluding steroid dienone is 1. The quantitative estimate of drug-likeness (QED) is 0.562. The molecular weight excluding hydrogens is 190 g/mol. The molecule has 0 amide bonds. The first-order chi connectivity index (χ1) is 6.87. The summed E-state index contributed by atoms with van der Waals surface area (Å²) >= 11 is 0. The lowest BCUT2D eigenvalue weighted by Crippen LogP contribution is -2.26. The van der Waals surface area contributed by atoms with E-state index in [0.29, 0.717) is 6.42 Å². The van der Waals surface area contributed by atoms with Gasteiger partial charge in [0.05, 0.1) is 6.42 Å². The van der Waals surface area contributed by atoms with Crippen molar-refractivity contribution in [2.75, 3.05) is 0 Å². The maximum absolute atomic E-state index is 11.5. The highest BCUT2D eigenvalue weighted by Gasteiger charge is 2.19. The predicted molar refractivity (Wildman–Crippen MR) is 60.4 cm³/mol. The van der Waals surface area contributed by atoms with Gasteiger partial charge in [-0.2, -0.15) is 0 Å². The highest BCUT2D eigenvalue weighted by Crippen LogP contribution is 2.21. The van der Waals surface area contributed by atoms with E-state index in [4.69, 9.17) is 10.5 Å². The Labute approximate surface area is 91.7 Å². The Morgan fingerprint density at radius 3 is 2.80 bits per heavy atom. The first kappa shape index (κ1) is 12.2. The topological polar surface area (TPSA) is 52.3 Å². The zero-order valence-electron chi connectivity index (χ0n) is 9.88. The number of nitrogens with two attached hydrogens (primary N) is 1. The predicted octanol–water partition coefficient (Wildman–Crippen LogP) is 2.16. The minimum Gasteiger partial charge on any atom is -0.460 e. The summed E-state index contributed by atoms with van der Waals surface area (Å²) in [6.07, 6.45) is 5.36. The van der Waals surface area contributed by atoms with Crippen LogP contribution in [0.4, 0.5) is 0 Å². The van der Waals surface area contributed by atoms with Gasteiger partial charge in [0.2, 0.25) is 0 Å². The fourth-order valence-electron chi connectivity index (χ4n) is 1.73. The summed E-state index contributed by atoms with van der Waals surface area (Å²) in [5, 5.41) is 0. The van der Waals surface area contributed by atoms with Crippen LogP contribution >= 0.6 is 0 Å². The third-order valence-electron chi connectivity index (χ3n) is 2.29. The zero-order chi connectivity index (χ0) is 11.5. The minimum absolute atomic E-state index is 0.150. The number of carbonyl (C=O) groups is 1. The molecule has 2 N–H and O–H groups in total. The number of hydrogen-bond acceptors (Lipinski definition) is 3. The van der Waals surface area contributed by atoms with Crippen LogP contribution in [0.2, 0.25) is 0 Å². The van der Waals surface area contributed by atoms with E-state index in [1.807, 2.05) is 20.8 Å². The molecule has 0 aromatic rings. The van der Waals surface area contributed by atoms with Gasteiger partial charge in [0.25, 0.3) is 0 Å². The first-order valence-electron chi connectivity index (χ1n) is 5.52. The van der Waals surface area contributed by atoms with Crippen LogP contribution in [0.25, 0.3) is 0 Å². The maximum atomic E-state index is 11.5. The molecule has 3 heteroatoms. The fourth-order valence-corrected chi connectivity index (χ4v) is 1.73. The average molecular weight is 211 g/mol. The molecule has 86 valence electrons. The smallest absolute Gasteiger partial charge is 0.310 e. The number of rotatable bonds is 2. The van der Waals surface area contributed by atoms with E-state index in [0.717, 1.165) is 24.8 Å². The Morgan fingerprint density at radius 1 is 1.60 bits per heavy atom. The van der Waals surface area contributed by atoms with Crippen LogP contribution in [0.3, 0.4) is 0 Å². The Balaban J connectivity index is 2.41. The Hall–Kier alpha value is -0.830. The van der Waals surface area contributed by atoms with Crippen molar-refractivity contribution in [3.8, 4) is 0 Å². The molecule has 0 spiro atoms. The van der Waals surface area contributed by atoms with E-state index in [1.54, 1.807) is 0 Å². The van der Waals surface area contributed by atoms with Crippen LogP contribution in [0.1, 0.15) is 46.5 Å². The number of hydrogen-bond donors (Lipinski definition) is 1. The van der Waals surface area contributed by atoms with E-state index < -0.39 is 5.60 Å². The molecule has 1 aliphatic rings. The van der Waals surface area contributed by atoms with Crippen LogP contribution in [0.5, 0.6) is 0 Å². The Kier molecular flexibility index (Phi) is 3.91. The van der Waals surface area contributed by atoms with Gasteiger partial charge in [-0.3, -0.25) is 4.79 Å². The van der Waals surface area contributed by atoms with Crippen molar-refractivity contribution >= 4 is 5.97 Å². The molecule has 0 heterocycles. The lowest BCUT2D eigenvalue weighted by Gasteiger charge is -2.22. The van der Waals surface area contributed by atoms with Crippen LogP contribution in [-0.2, 0) is 9.53 Å². The molecule has 0 aromatic carbocycles. The van der Waals surface area contributed by atoms with Gasteiger partial charge in [0.1, 0.15) is 5.60 Å². The van der Waals surface area contributed by atoms with Crippen molar-refractivity contribution in [1.29, 1.82) is 0 Å². The van der Waals surface area contributed by atoms with Crippen molar-refractivity contribution in [1.82, 2.24) is 0 Å². The zero-order valence-corrected chi connectivity index (χ0v) is 9.88. The SMILES string of the molecule is CC(C)(C)OC(=O)CC1=CCCC(N)C1. The van der Waals surface area contributed by atoms with E-state index in [2.05, 4.69) is 6.08 Å². The second-order valence-corrected chi connectivity index (χ2v) is 5.17. The molecule has 1 aliphatic carbocycles. The van der Waals surface area contributed by atoms with Crippen molar-refractivity contribution in [3.05, 3.63) is 11.6 Å². The van der Waals surface area contributed by atoms with Gasteiger partial charge in [-0.1, -0.05) is 11.6 Å². The highest BCUT2D eigenvalue weighted by molar-refractivity contribution is 5.72. The van der Waals surface area contributed by atoms with E-state index in [1.165, 1.54) is 0 Å². The first-order valence-corrected chi connectivity index (χ1v) is 5.52. The molecule has 1 unspecified atom stereocenters. The monoisotopic (exact) mass is 211 g/mol. The van der Waals surface area contributed by atoms with Gasteiger partial charge in [-0.25, -0.2) is 0 Å². The van der Waals surface area contributed by atoms with Gasteiger partial charge >= 0.3 is 5.97 Å². The molecule has 0 aromatic heterocycles.